The molecule has 7 nitrogen and oxygen atoms in total. The van der Waals surface area contributed by atoms with E-state index in [1.807, 2.05) is 38.1 Å². The molecular formula is C46H44F6O7S. The molecule has 0 spiro atoms. The summed E-state index contributed by atoms with van der Waals surface area (Å²) < 4.78 is 108. The van der Waals surface area contributed by atoms with Gasteiger partial charge in [0.05, 0.1) is 9.79 Å². The van der Waals surface area contributed by atoms with Gasteiger partial charge < -0.3 is 25.5 Å². The van der Waals surface area contributed by atoms with Crippen LogP contribution in [0, 0.1) is 48.5 Å². The van der Waals surface area contributed by atoms with Crippen molar-refractivity contribution in [1.29, 1.82) is 0 Å². The fourth-order valence-electron chi connectivity index (χ4n) is 6.24. The molecule has 318 valence electrons. The van der Waals surface area contributed by atoms with Crippen LogP contribution in [0.25, 0.3) is 11.1 Å². The number of alkyl halides is 6. The molecular weight excluding hydrogens is 811 g/mol. The maximum absolute atomic E-state index is 13.9. The second-order valence-corrected chi connectivity index (χ2v) is 16.4. The number of hydrogen-bond acceptors (Lipinski definition) is 7. The third kappa shape index (κ3) is 9.65. The van der Waals surface area contributed by atoms with E-state index >= 15 is 0 Å². The van der Waals surface area contributed by atoms with E-state index in [4.69, 9.17) is 0 Å². The van der Waals surface area contributed by atoms with E-state index in [9.17, 15) is 60.3 Å². The molecule has 0 aliphatic rings. The van der Waals surface area contributed by atoms with Crippen LogP contribution >= 0.6 is 0 Å². The van der Waals surface area contributed by atoms with Gasteiger partial charge in [0.2, 0.25) is 15.3 Å². The molecule has 0 aliphatic heterocycles. The first kappa shape index (κ1) is 46.5. The zero-order valence-electron chi connectivity index (χ0n) is 33.6. The van der Waals surface area contributed by atoms with Crippen molar-refractivity contribution < 1.29 is 60.3 Å². The van der Waals surface area contributed by atoms with Gasteiger partial charge in [0.1, 0.15) is 28.7 Å². The van der Waals surface area contributed by atoms with E-state index in [2.05, 4.69) is 0 Å². The highest BCUT2D eigenvalue weighted by molar-refractivity contribution is 7.91. The van der Waals surface area contributed by atoms with Gasteiger partial charge >= 0.3 is 12.4 Å². The van der Waals surface area contributed by atoms with E-state index < -0.39 is 38.7 Å². The first-order valence-corrected chi connectivity index (χ1v) is 19.7. The molecule has 0 fully saturated rings. The van der Waals surface area contributed by atoms with Crippen LogP contribution in [0.1, 0.15) is 50.1 Å². The maximum Gasteiger partial charge on any atom is 0.411 e. The van der Waals surface area contributed by atoms with Crippen molar-refractivity contribution in [2.45, 2.75) is 76.0 Å². The standard InChI is InChI=1S/C18H16F6O.C14H14O4S.C14H14O2/c1-10-4-5-13(8-11(10)2)16(17(19,20)21,18(22,23)24)14-6-7-15(25)12(3)9-14;1-9-7-11(3-5-13(9)15)19(17,18)12-4-6-14(16)10(2)8-12;1-9-7-11(3-5-13(9)15)12-4-6-14(16)10(2)8-12/h4-9,25H,1-3H3;3-8,15-16H,1-2H3;3-8,15-16H,1-2H3. The lowest BCUT2D eigenvalue weighted by molar-refractivity contribution is -0.288. The van der Waals surface area contributed by atoms with Crippen LogP contribution in [0.2, 0.25) is 0 Å². The lowest BCUT2D eigenvalue weighted by Crippen LogP contribution is -2.54. The molecule has 6 rings (SSSR count). The molecule has 0 bridgehead atoms. The van der Waals surface area contributed by atoms with Gasteiger partial charge in [-0.25, -0.2) is 8.42 Å². The normalized spacial score (nSPS) is 11.9. The molecule has 0 heterocycles. The first-order valence-electron chi connectivity index (χ1n) is 18.2. The molecule has 0 aliphatic carbocycles. The molecule has 6 aromatic carbocycles. The fourth-order valence-corrected chi connectivity index (χ4v) is 7.67. The van der Waals surface area contributed by atoms with E-state index in [0.29, 0.717) is 39.8 Å². The number of hydrogen-bond donors (Lipinski definition) is 5. The number of rotatable bonds is 5. The number of benzene rings is 6. The summed E-state index contributed by atoms with van der Waals surface area (Å²) in [4.78, 5) is 0.237. The third-order valence-electron chi connectivity index (χ3n) is 10.1. The average molecular weight is 855 g/mol. The van der Waals surface area contributed by atoms with Crippen molar-refractivity contribution >= 4 is 9.84 Å². The molecule has 0 aromatic heterocycles. The van der Waals surface area contributed by atoms with Gasteiger partial charge in [0.15, 0.2) is 0 Å². The topological polar surface area (TPSA) is 135 Å². The second-order valence-electron chi connectivity index (χ2n) is 14.4. The van der Waals surface area contributed by atoms with Crippen LogP contribution < -0.4 is 0 Å². The molecule has 0 radical (unpaired) electrons. The quantitative estimate of drug-likeness (QED) is 0.109. The Hall–Kier alpha value is -6.15. The molecule has 14 heteroatoms. The van der Waals surface area contributed by atoms with Gasteiger partial charge in [0.25, 0.3) is 0 Å². The molecule has 0 saturated carbocycles. The van der Waals surface area contributed by atoms with E-state index in [1.54, 1.807) is 32.9 Å². The monoisotopic (exact) mass is 854 g/mol. The number of aromatic hydroxyl groups is 5. The van der Waals surface area contributed by atoms with E-state index in [0.717, 1.165) is 46.5 Å². The van der Waals surface area contributed by atoms with Crippen molar-refractivity contribution in [2.75, 3.05) is 0 Å². The Morgan fingerprint density at radius 1 is 0.367 bits per heavy atom. The molecule has 0 unspecified atom stereocenters. The molecule has 0 saturated heterocycles. The Bertz CT molecular complexity index is 2460. The predicted molar refractivity (Wildman–Crippen MR) is 217 cm³/mol. The van der Waals surface area contributed by atoms with Crippen LogP contribution in [0.5, 0.6) is 28.7 Å². The van der Waals surface area contributed by atoms with Gasteiger partial charge in [-0.05, 0) is 176 Å². The Balaban J connectivity index is 0.000000204. The van der Waals surface area contributed by atoms with Gasteiger partial charge in [0, 0.05) is 0 Å². The van der Waals surface area contributed by atoms with Gasteiger partial charge in [-0.3, -0.25) is 0 Å². The fraction of sp³-hybridized carbons (Fsp3) is 0.217. The molecule has 60 heavy (non-hydrogen) atoms. The first-order chi connectivity index (χ1) is 27.7. The summed E-state index contributed by atoms with van der Waals surface area (Å²) in [6, 6.07) is 24.5. The third-order valence-corrected chi connectivity index (χ3v) is 11.9. The van der Waals surface area contributed by atoms with Crippen LogP contribution in [0.4, 0.5) is 26.3 Å². The Morgan fingerprint density at radius 3 is 0.983 bits per heavy atom. The SMILES string of the molecule is Cc1cc(-c2ccc(O)c(C)c2)ccc1O.Cc1cc(S(=O)(=O)c2ccc(O)c(C)c2)ccc1O.Cc1ccc(C(c2ccc(O)c(C)c2)(C(F)(F)F)C(F)(F)F)cc1C. The summed E-state index contributed by atoms with van der Waals surface area (Å²) in [5.41, 5.74) is -0.450. The Kier molecular flexibility index (Phi) is 13.7. The van der Waals surface area contributed by atoms with Crippen molar-refractivity contribution in [3.05, 3.63) is 159 Å². The van der Waals surface area contributed by atoms with Crippen LogP contribution in [-0.2, 0) is 15.3 Å². The second kappa shape index (κ2) is 17.6. The molecule has 0 amide bonds. The zero-order valence-corrected chi connectivity index (χ0v) is 34.4. The van der Waals surface area contributed by atoms with Crippen molar-refractivity contribution in [3.8, 4) is 39.9 Å². The van der Waals surface area contributed by atoms with Crippen molar-refractivity contribution in [1.82, 2.24) is 0 Å². The summed E-state index contributed by atoms with van der Waals surface area (Å²) in [6.07, 6.45) is -11.3. The summed E-state index contributed by atoms with van der Waals surface area (Å²) in [6.45, 7) is 11.3. The lowest BCUT2D eigenvalue weighted by Gasteiger charge is -2.38. The van der Waals surface area contributed by atoms with Gasteiger partial charge in [-0.2, -0.15) is 26.3 Å². The highest BCUT2D eigenvalue weighted by Crippen LogP contribution is 2.56. The van der Waals surface area contributed by atoms with Gasteiger partial charge in [-0.15, -0.1) is 0 Å². The highest BCUT2D eigenvalue weighted by Gasteiger charge is 2.72. The predicted octanol–water partition coefficient (Wildman–Crippen LogP) is 11.7. The summed E-state index contributed by atoms with van der Waals surface area (Å²) in [5, 5.41) is 47.3. The largest absolute Gasteiger partial charge is 0.508 e. The van der Waals surface area contributed by atoms with Crippen molar-refractivity contribution in [2.24, 2.45) is 0 Å². The van der Waals surface area contributed by atoms with Gasteiger partial charge in [-0.1, -0.05) is 42.5 Å². The Morgan fingerprint density at radius 2 is 0.667 bits per heavy atom. The summed E-state index contributed by atoms with van der Waals surface area (Å²) in [5.74, 6) is 0.349. The van der Waals surface area contributed by atoms with E-state index in [-0.39, 0.29) is 32.6 Å². The van der Waals surface area contributed by atoms with Crippen molar-refractivity contribution in [3.63, 3.8) is 0 Å². The summed E-state index contributed by atoms with van der Waals surface area (Å²) in [7, 11) is -3.64. The molecule has 6 aromatic rings. The lowest BCUT2D eigenvalue weighted by atomic mass is 9.72. The minimum atomic E-state index is -5.63. The number of phenolic OH excluding ortho intramolecular Hbond substituents is 5. The Labute approximate surface area is 344 Å². The van der Waals surface area contributed by atoms with E-state index in [1.165, 1.54) is 56.3 Å². The smallest absolute Gasteiger partial charge is 0.411 e. The molecule has 0 atom stereocenters. The van der Waals surface area contributed by atoms with Crippen LogP contribution in [0.3, 0.4) is 0 Å². The minimum Gasteiger partial charge on any atom is -0.508 e. The number of phenols is 5. The molecule has 5 N–H and O–H groups in total. The number of sulfone groups is 1. The van der Waals surface area contributed by atoms with Crippen LogP contribution in [0.15, 0.2) is 119 Å². The van der Waals surface area contributed by atoms with Crippen LogP contribution in [-0.4, -0.2) is 46.3 Å². The number of halogens is 6. The average Bonchev–Trinajstić information content (AvgIpc) is 3.15. The highest BCUT2D eigenvalue weighted by atomic mass is 32.2. The number of aryl methyl sites for hydroxylation is 7. The zero-order chi connectivity index (χ0) is 45.1. The maximum atomic E-state index is 13.9. The summed E-state index contributed by atoms with van der Waals surface area (Å²) >= 11 is 0. The minimum absolute atomic E-state index is 0.0563.